The number of nitrogens with zero attached hydrogens (tertiary/aromatic N) is 1. The predicted octanol–water partition coefficient (Wildman–Crippen LogP) is 3.74. The Labute approximate surface area is 132 Å². The van der Waals surface area contributed by atoms with Crippen molar-refractivity contribution in [1.82, 2.24) is 0 Å². The van der Waals surface area contributed by atoms with Gasteiger partial charge in [-0.1, -0.05) is 48.5 Å². The summed E-state index contributed by atoms with van der Waals surface area (Å²) in [7, 11) is 0. The Kier molecular flexibility index (Phi) is 3.63. The molecule has 2 heterocycles. The molecule has 2 bridgehead atoms. The van der Waals surface area contributed by atoms with Crippen LogP contribution in [0.25, 0.3) is 0 Å². The molecule has 0 spiro atoms. The molecule has 2 nitrogen and oxygen atoms in total. The maximum atomic E-state index is 6.40. The average molecular weight is 292 g/mol. The second-order valence-electron chi connectivity index (χ2n) is 6.74. The first-order valence-corrected chi connectivity index (χ1v) is 8.48. The third kappa shape index (κ3) is 2.42. The molecular weight excluding hydrogens is 268 g/mol. The van der Waals surface area contributed by atoms with Crippen LogP contribution in [0.15, 0.2) is 54.6 Å². The van der Waals surface area contributed by atoms with Crippen LogP contribution in [0.5, 0.6) is 0 Å². The maximum Gasteiger partial charge on any atom is 0.0445 e. The van der Waals surface area contributed by atoms with Gasteiger partial charge >= 0.3 is 0 Å². The zero-order valence-electron chi connectivity index (χ0n) is 13.0. The van der Waals surface area contributed by atoms with E-state index in [1.165, 1.54) is 42.5 Å². The minimum absolute atomic E-state index is 0.337. The minimum atomic E-state index is 0.337. The molecule has 0 aromatic heterocycles. The van der Waals surface area contributed by atoms with Gasteiger partial charge in [0.15, 0.2) is 0 Å². The highest BCUT2D eigenvalue weighted by Crippen LogP contribution is 2.40. The van der Waals surface area contributed by atoms with E-state index in [1.54, 1.807) is 0 Å². The smallest absolute Gasteiger partial charge is 0.0445 e. The van der Waals surface area contributed by atoms with Crippen LogP contribution in [0.1, 0.15) is 36.8 Å². The summed E-state index contributed by atoms with van der Waals surface area (Å²) in [6.45, 7) is 0. The van der Waals surface area contributed by atoms with Crippen molar-refractivity contribution in [1.29, 1.82) is 0 Å². The molecule has 2 saturated heterocycles. The van der Waals surface area contributed by atoms with Crippen LogP contribution in [-0.2, 0) is 6.42 Å². The Balaban J connectivity index is 1.68. The van der Waals surface area contributed by atoms with E-state index in [-0.39, 0.29) is 0 Å². The first-order valence-electron chi connectivity index (χ1n) is 8.48. The van der Waals surface area contributed by atoms with Crippen LogP contribution in [0.4, 0.5) is 5.69 Å². The SMILES string of the molecule is N[C@@H]1CC[C@H]2CC[C@H]1N2c1ccccc1Cc1ccccc1. The second kappa shape index (κ2) is 5.77. The summed E-state index contributed by atoms with van der Waals surface area (Å²) in [5, 5.41) is 0. The van der Waals surface area contributed by atoms with Gasteiger partial charge in [-0.25, -0.2) is 0 Å². The molecule has 3 atom stereocenters. The largest absolute Gasteiger partial charge is 0.364 e. The fourth-order valence-electron chi connectivity index (χ4n) is 4.30. The van der Waals surface area contributed by atoms with Crippen molar-refractivity contribution in [2.24, 2.45) is 5.73 Å². The van der Waals surface area contributed by atoms with Crippen molar-refractivity contribution in [2.75, 3.05) is 4.90 Å². The average Bonchev–Trinajstić information content (AvgIpc) is 2.89. The lowest BCUT2D eigenvalue weighted by Gasteiger charge is -2.41. The van der Waals surface area contributed by atoms with Crippen molar-refractivity contribution in [3.63, 3.8) is 0 Å². The number of piperidine rings is 1. The molecule has 0 radical (unpaired) electrons. The Bertz CT molecular complexity index is 637. The van der Waals surface area contributed by atoms with Crippen LogP contribution >= 0.6 is 0 Å². The van der Waals surface area contributed by atoms with E-state index in [0.717, 1.165) is 6.42 Å². The lowest BCUT2D eigenvalue weighted by atomic mass is 9.95. The van der Waals surface area contributed by atoms with Crippen LogP contribution in [0, 0.1) is 0 Å². The Hall–Kier alpha value is -1.80. The highest BCUT2D eigenvalue weighted by molar-refractivity contribution is 5.58. The van der Waals surface area contributed by atoms with Gasteiger partial charge in [0.25, 0.3) is 0 Å². The van der Waals surface area contributed by atoms with Crippen molar-refractivity contribution in [3.8, 4) is 0 Å². The van der Waals surface area contributed by atoms with E-state index in [1.807, 2.05) is 0 Å². The number of hydrogen-bond acceptors (Lipinski definition) is 2. The molecule has 0 aliphatic carbocycles. The number of benzene rings is 2. The van der Waals surface area contributed by atoms with Crippen molar-refractivity contribution < 1.29 is 0 Å². The molecule has 2 aliphatic heterocycles. The molecule has 4 rings (SSSR count). The maximum absolute atomic E-state index is 6.40. The van der Waals surface area contributed by atoms with Gasteiger partial charge in [0, 0.05) is 23.8 Å². The van der Waals surface area contributed by atoms with Gasteiger partial charge in [-0.3, -0.25) is 0 Å². The van der Waals surface area contributed by atoms with Crippen LogP contribution in [0.2, 0.25) is 0 Å². The van der Waals surface area contributed by atoms with Crippen LogP contribution in [0.3, 0.4) is 0 Å². The second-order valence-corrected chi connectivity index (χ2v) is 6.74. The highest BCUT2D eigenvalue weighted by atomic mass is 15.2. The Morgan fingerprint density at radius 1 is 0.864 bits per heavy atom. The zero-order valence-corrected chi connectivity index (χ0v) is 13.0. The van der Waals surface area contributed by atoms with Gasteiger partial charge in [0.2, 0.25) is 0 Å². The number of hydrogen-bond donors (Lipinski definition) is 1. The van der Waals surface area contributed by atoms with E-state index in [0.29, 0.717) is 18.1 Å². The van der Waals surface area contributed by atoms with Gasteiger partial charge in [-0.05, 0) is 49.3 Å². The molecule has 2 aromatic rings. The molecule has 2 N–H and O–H groups in total. The summed E-state index contributed by atoms with van der Waals surface area (Å²) >= 11 is 0. The summed E-state index contributed by atoms with van der Waals surface area (Å²) in [6.07, 6.45) is 6.00. The van der Waals surface area contributed by atoms with E-state index in [9.17, 15) is 0 Å². The quantitative estimate of drug-likeness (QED) is 0.934. The Morgan fingerprint density at radius 2 is 1.59 bits per heavy atom. The molecule has 114 valence electrons. The molecule has 0 amide bonds. The minimum Gasteiger partial charge on any atom is -0.364 e. The third-order valence-corrected chi connectivity index (χ3v) is 5.38. The van der Waals surface area contributed by atoms with Gasteiger partial charge in [-0.2, -0.15) is 0 Å². The topological polar surface area (TPSA) is 29.3 Å². The molecule has 22 heavy (non-hydrogen) atoms. The lowest BCUT2D eigenvalue weighted by molar-refractivity contribution is 0.411. The third-order valence-electron chi connectivity index (χ3n) is 5.38. The fraction of sp³-hybridized carbons (Fsp3) is 0.400. The molecule has 0 saturated carbocycles. The van der Waals surface area contributed by atoms with Crippen LogP contribution in [-0.4, -0.2) is 18.1 Å². The summed E-state index contributed by atoms with van der Waals surface area (Å²) in [4.78, 5) is 2.65. The molecular formula is C20H24N2. The van der Waals surface area contributed by atoms with E-state index in [4.69, 9.17) is 5.73 Å². The van der Waals surface area contributed by atoms with Gasteiger partial charge in [0.05, 0.1) is 0 Å². The van der Waals surface area contributed by atoms with E-state index < -0.39 is 0 Å². The first kappa shape index (κ1) is 13.8. The number of fused-ring (bicyclic) bond motifs is 2. The van der Waals surface area contributed by atoms with Gasteiger partial charge < -0.3 is 10.6 Å². The first-order chi connectivity index (χ1) is 10.8. The van der Waals surface area contributed by atoms with Crippen molar-refractivity contribution in [2.45, 2.75) is 50.2 Å². The molecule has 2 aliphatic rings. The van der Waals surface area contributed by atoms with Crippen molar-refractivity contribution in [3.05, 3.63) is 65.7 Å². The lowest BCUT2D eigenvalue weighted by Crippen LogP contribution is -2.51. The highest BCUT2D eigenvalue weighted by Gasteiger charge is 2.41. The summed E-state index contributed by atoms with van der Waals surface area (Å²) in [5.74, 6) is 0. The summed E-state index contributed by atoms with van der Waals surface area (Å²) in [6, 6.07) is 21.2. The van der Waals surface area contributed by atoms with Crippen molar-refractivity contribution >= 4 is 5.69 Å². The normalized spacial score (nSPS) is 27.1. The number of rotatable bonds is 3. The fourth-order valence-corrected chi connectivity index (χ4v) is 4.30. The standard InChI is InChI=1S/C20H24N2/c21-18-12-10-17-11-13-20(18)22(17)19-9-5-4-8-16(19)14-15-6-2-1-3-7-15/h1-9,17-18,20H,10-14,21H2/t17-,18+,20+/m0/s1. The predicted molar refractivity (Wildman–Crippen MR) is 92.2 cm³/mol. The Morgan fingerprint density at radius 3 is 2.45 bits per heavy atom. The number of anilines is 1. The van der Waals surface area contributed by atoms with Crippen LogP contribution < -0.4 is 10.6 Å². The number of para-hydroxylation sites is 1. The summed E-state index contributed by atoms with van der Waals surface area (Å²) < 4.78 is 0. The monoisotopic (exact) mass is 292 g/mol. The van der Waals surface area contributed by atoms with E-state index in [2.05, 4.69) is 59.5 Å². The number of nitrogens with two attached hydrogens (primary N) is 1. The molecule has 0 unspecified atom stereocenters. The zero-order chi connectivity index (χ0) is 14.9. The molecule has 2 heteroatoms. The molecule has 2 aromatic carbocycles. The summed E-state index contributed by atoms with van der Waals surface area (Å²) in [5.41, 5.74) is 10.6. The van der Waals surface area contributed by atoms with Gasteiger partial charge in [-0.15, -0.1) is 0 Å². The van der Waals surface area contributed by atoms with Gasteiger partial charge in [0.1, 0.15) is 0 Å². The molecule has 2 fully saturated rings. The van der Waals surface area contributed by atoms with E-state index >= 15 is 0 Å².